The Morgan fingerprint density at radius 2 is 1.92 bits per heavy atom. The van der Waals surface area contributed by atoms with Crippen LogP contribution in [-0.4, -0.2) is 45.5 Å². The van der Waals surface area contributed by atoms with Crippen LogP contribution in [0.4, 0.5) is 5.69 Å². The average Bonchev–Trinajstić information content (AvgIpc) is 3.04. The molecule has 1 saturated heterocycles. The second-order valence-electron chi connectivity index (χ2n) is 6.23. The lowest BCUT2D eigenvalue weighted by Gasteiger charge is -2.23. The van der Waals surface area contributed by atoms with E-state index in [9.17, 15) is 19.5 Å². The molecule has 1 aliphatic rings. The summed E-state index contributed by atoms with van der Waals surface area (Å²) in [6.45, 7) is 5.04. The molecule has 0 spiro atoms. The molecule has 1 unspecified atom stereocenters. The molecule has 6 nitrogen and oxygen atoms in total. The summed E-state index contributed by atoms with van der Waals surface area (Å²) < 4.78 is 0. The van der Waals surface area contributed by atoms with Gasteiger partial charge >= 0.3 is 5.97 Å². The summed E-state index contributed by atoms with van der Waals surface area (Å²) in [5, 5.41) is 12.1. The zero-order valence-corrected chi connectivity index (χ0v) is 14.9. The van der Waals surface area contributed by atoms with Crippen LogP contribution >= 0.6 is 11.8 Å². The van der Waals surface area contributed by atoms with Crippen LogP contribution in [0.1, 0.15) is 32.8 Å². The number of amides is 2. The molecule has 1 heterocycles. The average molecular weight is 350 g/mol. The predicted octanol–water partition coefficient (Wildman–Crippen LogP) is 2.30. The van der Waals surface area contributed by atoms with E-state index in [2.05, 4.69) is 5.32 Å². The lowest BCUT2D eigenvalue weighted by atomic mass is 9.85. The molecular formula is C17H22N2O4S. The highest BCUT2D eigenvalue weighted by molar-refractivity contribution is 7.99. The van der Waals surface area contributed by atoms with Crippen molar-refractivity contribution < 1.29 is 19.5 Å². The lowest BCUT2D eigenvalue weighted by Crippen LogP contribution is -2.44. The molecule has 24 heavy (non-hydrogen) atoms. The SMILES string of the molecule is CCC(=O)N1CSCC1C(=O)Nc1ccc(C(C)(C)C(=O)O)cc1. The number of hydrogen-bond donors (Lipinski definition) is 2. The zero-order valence-electron chi connectivity index (χ0n) is 14.0. The highest BCUT2D eigenvalue weighted by Crippen LogP contribution is 2.26. The molecule has 0 aliphatic carbocycles. The van der Waals surface area contributed by atoms with Crippen molar-refractivity contribution in [1.82, 2.24) is 4.90 Å². The Hall–Kier alpha value is -2.02. The number of rotatable bonds is 5. The number of carbonyl (C=O) groups is 3. The van der Waals surface area contributed by atoms with Gasteiger partial charge in [0.15, 0.2) is 0 Å². The maximum absolute atomic E-state index is 12.4. The zero-order chi connectivity index (χ0) is 17.9. The topological polar surface area (TPSA) is 86.7 Å². The molecule has 7 heteroatoms. The van der Waals surface area contributed by atoms with Gasteiger partial charge in [0.1, 0.15) is 6.04 Å². The number of anilines is 1. The standard InChI is InChI=1S/C17H22N2O4S/c1-4-14(20)19-10-24-9-13(19)15(21)18-12-7-5-11(6-8-12)17(2,3)16(22)23/h5-8,13H,4,9-10H2,1-3H3,(H,18,21)(H,22,23). The first kappa shape index (κ1) is 18.3. The summed E-state index contributed by atoms with van der Waals surface area (Å²) in [5.41, 5.74) is 0.257. The maximum Gasteiger partial charge on any atom is 0.313 e. The first-order chi connectivity index (χ1) is 11.3. The van der Waals surface area contributed by atoms with E-state index >= 15 is 0 Å². The van der Waals surface area contributed by atoms with Gasteiger partial charge in [-0.05, 0) is 31.5 Å². The number of carboxylic acids is 1. The fourth-order valence-electron chi connectivity index (χ4n) is 2.43. The molecule has 1 aromatic rings. The first-order valence-electron chi connectivity index (χ1n) is 7.79. The minimum absolute atomic E-state index is 0.0290. The van der Waals surface area contributed by atoms with Gasteiger partial charge in [0, 0.05) is 17.9 Å². The van der Waals surface area contributed by atoms with Gasteiger partial charge in [-0.3, -0.25) is 14.4 Å². The summed E-state index contributed by atoms with van der Waals surface area (Å²) >= 11 is 1.56. The van der Waals surface area contributed by atoms with Gasteiger partial charge in [-0.25, -0.2) is 0 Å². The van der Waals surface area contributed by atoms with Crippen LogP contribution in [0.2, 0.25) is 0 Å². The number of hydrogen-bond acceptors (Lipinski definition) is 4. The molecule has 2 N–H and O–H groups in total. The van der Waals surface area contributed by atoms with Crippen LogP contribution in [0.25, 0.3) is 0 Å². The second kappa shape index (κ2) is 7.25. The molecule has 1 aliphatic heterocycles. The van der Waals surface area contributed by atoms with Crippen molar-refractivity contribution in [2.75, 3.05) is 16.9 Å². The van der Waals surface area contributed by atoms with E-state index in [0.29, 0.717) is 29.3 Å². The van der Waals surface area contributed by atoms with Crippen LogP contribution < -0.4 is 5.32 Å². The molecule has 1 aromatic carbocycles. The van der Waals surface area contributed by atoms with Crippen LogP contribution in [0, 0.1) is 0 Å². The van der Waals surface area contributed by atoms with Gasteiger partial charge in [0.05, 0.1) is 11.3 Å². The summed E-state index contributed by atoms with van der Waals surface area (Å²) in [7, 11) is 0. The largest absolute Gasteiger partial charge is 0.481 e. The van der Waals surface area contributed by atoms with Crippen LogP contribution in [-0.2, 0) is 19.8 Å². The van der Waals surface area contributed by atoms with E-state index in [1.807, 2.05) is 0 Å². The lowest BCUT2D eigenvalue weighted by molar-refractivity contribution is -0.142. The van der Waals surface area contributed by atoms with E-state index in [-0.39, 0.29) is 11.8 Å². The summed E-state index contributed by atoms with van der Waals surface area (Å²) in [6.07, 6.45) is 0.378. The molecule has 1 fully saturated rings. The van der Waals surface area contributed by atoms with Crippen molar-refractivity contribution in [3.05, 3.63) is 29.8 Å². The monoisotopic (exact) mass is 350 g/mol. The minimum Gasteiger partial charge on any atom is -0.481 e. The van der Waals surface area contributed by atoms with E-state index < -0.39 is 17.4 Å². The van der Waals surface area contributed by atoms with E-state index in [1.165, 1.54) is 0 Å². The molecule has 1 atom stereocenters. The van der Waals surface area contributed by atoms with Gasteiger partial charge < -0.3 is 15.3 Å². The summed E-state index contributed by atoms with van der Waals surface area (Å²) in [6, 6.07) is 6.31. The Kier molecular flexibility index (Phi) is 5.54. The van der Waals surface area contributed by atoms with Crippen molar-refractivity contribution in [2.24, 2.45) is 0 Å². The van der Waals surface area contributed by atoms with Gasteiger partial charge in [-0.2, -0.15) is 0 Å². The van der Waals surface area contributed by atoms with Crippen molar-refractivity contribution in [3.63, 3.8) is 0 Å². The van der Waals surface area contributed by atoms with E-state index in [1.54, 1.807) is 61.7 Å². The fourth-order valence-corrected chi connectivity index (χ4v) is 3.61. The number of aliphatic carboxylic acids is 1. The third-order valence-electron chi connectivity index (χ3n) is 4.22. The Bertz CT molecular complexity index is 642. The number of benzene rings is 1. The Balaban J connectivity index is 2.07. The molecule has 130 valence electrons. The second-order valence-corrected chi connectivity index (χ2v) is 7.23. The fraction of sp³-hybridized carbons (Fsp3) is 0.471. The van der Waals surface area contributed by atoms with Gasteiger partial charge in [0.25, 0.3) is 0 Å². The quantitative estimate of drug-likeness (QED) is 0.851. The number of nitrogens with one attached hydrogen (secondary N) is 1. The number of carbonyl (C=O) groups excluding carboxylic acids is 2. The molecule has 0 radical (unpaired) electrons. The Labute approximate surface area is 145 Å². The molecular weight excluding hydrogens is 328 g/mol. The van der Waals surface area contributed by atoms with E-state index in [0.717, 1.165) is 0 Å². The maximum atomic E-state index is 12.4. The van der Waals surface area contributed by atoms with Crippen molar-refractivity contribution in [1.29, 1.82) is 0 Å². The number of thioether (sulfide) groups is 1. The van der Waals surface area contributed by atoms with Crippen molar-refractivity contribution >= 4 is 35.2 Å². The number of nitrogens with zero attached hydrogens (tertiary/aromatic N) is 1. The minimum atomic E-state index is -0.991. The first-order valence-corrected chi connectivity index (χ1v) is 8.95. The Morgan fingerprint density at radius 3 is 2.46 bits per heavy atom. The number of carboxylic acid groups (broad SMARTS) is 1. The van der Waals surface area contributed by atoms with Gasteiger partial charge in [-0.15, -0.1) is 11.8 Å². The summed E-state index contributed by atoms with van der Waals surface area (Å²) in [5.74, 6) is -0.0280. The summed E-state index contributed by atoms with van der Waals surface area (Å²) in [4.78, 5) is 37.2. The van der Waals surface area contributed by atoms with Crippen LogP contribution in [0.5, 0.6) is 0 Å². The third-order valence-corrected chi connectivity index (χ3v) is 5.23. The van der Waals surface area contributed by atoms with Crippen molar-refractivity contribution in [3.8, 4) is 0 Å². The smallest absolute Gasteiger partial charge is 0.313 e. The molecule has 2 amide bonds. The molecule has 0 bridgehead atoms. The Morgan fingerprint density at radius 1 is 1.29 bits per heavy atom. The molecule has 2 rings (SSSR count). The normalized spacial score (nSPS) is 17.6. The van der Waals surface area contributed by atoms with Crippen LogP contribution in [0.15, 0.2) is 24.3 Å². The van der Waals surface area contributed by atoms with Crippen LogP contribution in [0.3, 0.4) is 0 Å². The predicted molar refractivity (Wildman–Crippen MR) is 94.0 cm³/mol. The molecule has 0 aromatic heterocycles. The highest BCUT2D eigenvalue weighted by atomic mass is 32.2. The van der Waals surface area contributed by atoms with Gasteiger partial charge in [0.2, 0.25) is 11.8 Å². The molecule has 0 saturated carbocycles. The third kappa shape index (κ3) is 3.72. The highest BCUT2D eigenvalue weighted by Gasteiger charge is 2.34. The van der Waals surface area contributed by atoms with Crippen molar-refractivity contribution in [2.45, 2.75) is 38.6 Å². The van der Waals surface area contributed by atoms with E-state index in [4.69, 9.17) is 0 Å². The van der Waals surface area contributed by atoms with Gasteiger partial charge in [-0.1, -0.05) is 19.1 Å².